The summed E-state index contributed by atoms with van der Waals surface area (Å²) < 4.78 is 28.8. The summed E-state index contributed by atoms with van der Waals surface area (Å²) in [6, 6.07) is 15.0. The molecular weight excluding hydrogens is 382 g/mol. The molecule has 0 atom stereocenters. The van der Waals surface area contributed by atoms with Crippen molar-refractivity contribution in [3.8, 4) is 0 Å². The van der Waals surface area contributed by atoms with Gasteiger partial charge in [0, 0.05) is 17.8 Å². The number of hydrogen-bond acceptors (Lipinski definition) is 4. The fourth-order valence-electron chi connectivity index (χ4n) is 3.46. The number of nitrogens with one attached hydrogen (secondary N) is 1. The minimum Gasteiger partial charge on any atom is -0.351 e. The first kappa shape index (κ1) is 21.1. The zero-order valence-electron chi connectivity index (χ0n) is 17.9. The molecule has 29 heavy (non-hydrogen) atoms. The lowest BCUT2D eigenvalue weighted by Gasteiger charge is -2.42. The Labute approximate surface area is 174 Å². The van der Waals surface area contributed by atoms with E-state index in [1.54, 1.807) is 24.3 Å². The van der Waals surface area contributed by atoms with Crippen LogP contribution in [0.3, 0.4) is 0 Å². The molecule has 1 aliphatic rings. The summed E-state index contributed by atoms with van der Waals surface area (Å²) >= 11 is 0. The zero-order valence-corrected chi connectivity index (χ0v) is 18.7. The van der Waals surface area contributed by atoms with Gasteiger partial charge in [0.1, 0.15) is 11.5 Å². The van der Waals surface area contributed by atoms with Crippen LogP contribution in [0.2, 0.25) is 0 Å². The Bertz CT molecular complexity index is 1050. The lowest BCUT2D eigenvalue weighted by molar-refractivity contribution is 0.153. The van der Waals surface area contributed by atoms with Crippen molar-refractivity contribution in [1.82, 2.24) is 9.62 Å². The predicted molar refractivity (Wildman–Crippen MR) is 119 cm³/mol. The average molecular weight is 412 g/mol. The predicted octanol–water partition coefficient (Wildman–Crippen LogP) is 4.48. The van der Waals surface area contributed by atoms with Crippen LogP contribution in [0.4, 0.5) is 0 Å². The van der Waals surface area contributed by atoms with Crippen molar-refractivity contribution in [3.63, 3.8) is 0 Å². The van der Waals surface area contributed by atoms with Crippen molar-refractivity contribution in [1.29, 1.82) is 0 Å². The van der Waals surface area contributed by atoms with Gasteiger partial charge in [-0.1, -0.05) is 47.5 Å². The Morgan fingerprint density at radius 3 is 1.97 bits per heavy atom. The van der Waals surface area contributed by atoms with Crippen molar-refractivity contribution in [2.24, 2.45) is 4.99 Å². The zero-order chi connectivity index (χ0) is 21.4. The quantitative estimate of drug-likeness (QED) is 0.807. The highest BCUT2D eigenvalue weighted by Gasteiger charge is 2.33. The van der Waals surface area contributed by atoms with E-state index in [2.05, 4.69) is 23.5 Å². The van der Waals surface area contributed by atoms with Gasteiger partial charge in [-0.15, -0.1) is 0 Å². The van der Waals surface area contributed by atoms with Crippen molar-refractivity contribution in [3.05, 3.63) is 71.4 Å². The molecule has 154 valence electrons. The van der Waals surface area contributed by atoms with E-state index in [1.165, 1.54) is 0 Å². The van der Waals surface area contributed by atoms with Crippen LogP contribution in [-0.4, -0.2) is 30.9 Å². The highest BCUT2D eigenvalue weighted by molar-refractivity contribution is 7.90. The van der Waals surface area contributed by atoms with E-state index < -0.39 is 15.7 Å². The van der Waals surface area contributed by atoms with Crippen LogP contribution in [0.15, 0.2) is 64.6 Å². The Kier molecular flexibility index (Phi) is 5.59. The van der Waals surface area contributed by atoms with Gasteiger partial charge in [-0.05, 0) is 59.2 Å². The molecule has 1 N–H and O–H groups in total. The summed E-state index contributed by atoms with van der Waals surface area (Å²) in [6.45, 7) is 12.1. The maximum atomic E-state index is 13.0. The van der Waals surface area contributed by atoms with E-state index in [9.17, 15) is 8.42 Å². The molecule has 0 aromatic heterocycles. The Morgan fingerprint density at radius 1 is 0.931 bits per heavy atom. The number of aryl methyl sites for hydroxylation is 2. The van der Waals surface area contributed by atoms with Gasteiger partial charge in [-0.25, -0.2) is 13.4 Å². The summed E-state index contributed by atoms with van der Waals surface area (Å²) in [7, 11) is -3.75. The largest absolute Gasteiger partial charge is 0.351 e. The number of benzene rings is 2. The van der Waals surface area contributed by atoms with E-state index in [0.717, 1.165) is 22.3 Å². The minimum absolute atomic E-state index is 0.212. The maximum Gasteiger partial charge on any atom is 0.263 e. The normalized spacial score (nSPS) is 16.4. The first-order chi connectivity index (χ1) is 13.5. The third-order valence-corrected chi connectivity index (χ3v) is 6.38. The Morgan fingerprint density at radius 2 is 1.45 bits per heavy atom. The highest BCUT2D eigenvalue weighted by Crippen LogP contribution is 2.31. The van der Waals surface area contributed by atoms with Gasteiger partial charge in [0.2, 0.25) is 0 Å². The van der Waals surface area contributed by atoms with Crippen LogP contribution < -0.4 is 4.72 Å². The van der Waals surface area contributed by atoms with E-state index in [1.807, 2.05) is 58.2 Å². The Hall–Kier alpha value is -2.60. The van der Waals surface area contributed by atoms with Crippen LogP contribution in [-0.2, 0) is 10.0 Å². The number of sulfonamides is 1. The van der Waals surface area contributed by atoms with Crippen molar-refractivity contribution < 1.29 is 8.42 Å². The molecule has 1 heterocycles. The van der Waals surface area contributed by atoms with Crippen LogP contribution in [0.25, 0.3) is 5.57 Å². The second-order valence-corrected chi connectivity index (χ2v) is 9.97. The first-order valence-corrected chi connectivity index (χ1v) is 11.2. The average Bonchev–Trinajstić information content (AvgIpc) is 2.62. The molecule has 2 aromatic rings. The molecule has 1 aliphatic heterocycles. The van der Waals surface area contributed by atoms with Crippen LogP contribution >= 0.6 is 0 Å². The lowest BCUT2D eigenvalue weighted by Crippen LogP contribution is -2.48. The summed E-state index contributed by atoms with van der Waals surface area (Å²) in [5.41, 5.74) is 3.25. The number of hydrogen-bond donors (Lipinski definition) is 1. The monoisotopic (exact) mass is 411 g/mol. The van der Waals surface area contributed by atoms with Crippen LogP contribution in [0.5, 0.6) is 0 Å². The molecule has 2 aromatic carbocycles. The molecule has 6 heteroatoms. The van der Waals surface area contributed by atoms with Gasteiger partial charge < -0.3 is 4.90 Å². The number of nitrogens with zero attached hydrogens (tertiary/aromatic N) is 2. The topological polar surface area (TPSA) is 61.8 Å². The first-order valence-electron chi connectivity index (χ1n) is 9.76. The van der Waals surface area contributed by atoms with Crippen LogP contribution in [0, 0.1) is 13.8 Å². The molecule has 0 saturated carbocycles. The van der Waals surface area contributed by atoms with Gasteiger partial charge in [-0.2, -0.15) is 0 Å². The number of amidine groups is 1. The summed E-state index contributed by atoms with van der Waals surface area (Å²) in [5, 5.41) is 0. The van der Waals surface area contributed by atoms with Gasteiger partial charge in [0.25, 0.3) is 10.0 Å². The van der Waals surface area contributed by atoms with Crippen molar-refractivity contribution >= 4 is 21.4 Å². The number of rotatable bonds is 4. The van der Waals surface area contributed by atoms with Gasteiger partial charge in [-0.3, -0.25) is 4.72 Å². The molecular formula is C23H29N3O2S. The third kappa shape index (κ3) is 4.53. The third-order valence-electron chi connectivity index (χ3n) is 5.02. The van der Waals surface area contributed by atoms with E-state index >= 15 is 0 Å². The molecule has 0 spiro atoms. The van der Waals surface area contributed by atoms with Gasteiger partial charge in [0.15, 0.2) is 0 Å². The second kappa shape index (κ2) is 7.67. The molecule has 0 bridgehead atoms. The molecule has 0 fully saturated rings. The van der Waals surface area contributed by atoms with Crippen LogP contribution in [0.1, 0.15) is 44.4 Å². The lowest BCUT2D eigenvalue weighted by atomic mass is 10.0. The fourth-order valence-corrected chi connectivity index (χ4v) is 4.48. The highest BCUT2D eigenvalue weighted by atomic mass is 32.2. The van der Waals surface area contributed by atoms with E-state index in [-0.39, 0.29) is 10.9 Å². The molecule has 0 amide bonds. The molecule has 5 nitrogen and oxygen atoms in total. The molecule has 0 saturated heterocycles. The SMILES string of the molecule is Cc1ccc(C2=CN(C(C)C)C(C)(C)N=C2NS(=O)(=O)c2ccc(C)cc2)cc1. The summed E-state index contributed by atoms with van der Waals surface area (Å²) in [5.74, 6) is 0.358. The molecule has 0 aliphatic carbocycles. The van der Waals surface area contributed by atoms with Crippen molar-refractivity contribution in [2.45, 2.75) is 58.1 Å². The maximum absolute atomic E-state index is 13.0. The molecule has 3 rings (SSSR count). The standard InChI is InChI=1S/C23H29N3O2S/c1-16(2)26-15-21(19-11-7-17(3)8-12-19)22(24-23(26,5)6)25-29(27,28)20-13-9-18(4)10-14-20/h7-16H,1-6H3,(H,24,25). The van der Waals surface area contributed by atoms with Gasteiger partial charge in [0.05, 0.1) is 4.90 Å². The smallest absolute Gasteiger partial charge is 0.263 e. The summed E-state index contributed by atoms with van der Waals surface area (Å²) in [6.07, 6.45) is 2.01. The second-order valence-electron chi connectivity index (χ2n) is 8.28. The molecule has 0 radical (unpaired) electrons. The number of aliphatic imine (C=N–C) groups is 1. The summed E-state index contributed by atoms with van der Waals surface area (Å²) in [4.78, 5) is 7.17. The van der Waals surface area contributed by atoms with E-state index in [4.69, 9.17) is 4.99 Å². The van der Waals surface area contributed by atoms with Gasteiger partial charge >= 0.3 is 0 Å². The molecule has 0 unspecified atom stereocenters. The fraction of sp³-hybridized carbons (Fsp3) is 0.348. The van der Waals surface area contributed by atoms with Crippen molar-refractivity contribution in [2.75, 3.05) is 0 Å². The minimum atomic E-state index is -3.75. The Balaban J connectivity index is 2.07. The van der Waals surface area contributed by atoms with E-state index in [0.29, 0.717) is 5.84 Å².